The number of aryl methyl sites for hydroxylation is 1. The summed E-state index contributed by atoms with van der Waals surface area (Å²) in [5, 5.41) is 12.6. The van der Waals surface area contributed by atoms with E-state index in [-0.39, 0.29) is 42.1 Å². The molecule has 0 heterocycles. The third-order valence-electron chi connectivity index (χ3n) is 6.45. The highest BCUT2D eigenvalue weighted by atomic mass is 32.2. The van der Waals surface area contributed by atoms with Crippen molar-refractivity contribution in [3.8, 4) is 0 Å². The molecule has 0 saturated heterocycles. The highest BCUT2D eigenvalue weighted by Crippen LogP contribution is 2.23. The average Bonchev–Trinajstić information content (AvgIpc) is 2.87. The lowest BCUT2D eigenvalue weighted by atomic mass is 9.91. The van der Waals surface area contributed by atoms with Crippen LogP contribution in [0.2, 0.25) is 0 Å². The van der Waals surface area contributed by atoms with E-state index in [1.165, 1.54) is 5.01 Å². The minimum Gasteiger partial charge on any atom is -0.390 e. The Balaban J connectivity index is 2.39. The molecular formula is C31H48N4O5S. The predicted octanol–water partition coefficient (Wildman–Crippen LogP) is 3.38. The van der Waals surface area contributed by atoms with Crippen LogP contribution in [0.1, 0.15) is 58.6 Å². The predicted molar refractivity (Wildman–Crippen MR) is 162 cm³/mol. The Hall–Kier alpha value is -2.79. The first-order chi connectivity index (χ1) is 19.1. The molecule has 2 amide bonds. The number of nitrogens with one attached hydrogen (secondary N) is 2. The van der Waals surface area contributed by atoms with Gasteiger partial charge in [0, 0.05) is 13.0 Å². The smallest absolute Gasteiger partial charge is 0.252 e. The van der Waals surface area contributed by atoms with Crippen LogP contribution in [0.4, 0.5) is 0 Å². The quantitative estimate of drug-likeness (QED) is 0.291. The number of amides is 2. The van der Waals surface area contributed by atoms with Crippen molar-refractivity contribution in [2.75, 3.05) is 27.2 Å². The van der Waals surface area contributed by atoms with E-state index in [4.69, 9.17) is 0 Å². The number of aliphatic hydroxyl groups excluding tert-OH is 1. The summed E-state index contributed by atoms with van der Waals surface area (Å²) in [6, 6.07) is 15.2. The number of carbonyl (C=O) groups excluding carboxylic acids is 2. The molecular weight excluding hydrogens is 540 g/mol. The van der Waals surface area contributed by atoms with Gasteiger partial charge in [0.15, 0.2) is 0 Å². The fourth-order valence-electron chi connectivity index (χ4n) is 4.41. The summed E-state index contributed by atoms with van der Waals surface area (Å²) < 4.78 is 29.4. The molecule has 2 atom stereocenters. The molecule has 0 saturated carbocycles. The van der Waals surface area contributed by atoms with E-state index < -0.39 is 28.1 Å². The molecule has 2 rings (SSSR count). The van der Waals surface area contributed by atoms with Gasteiger partial charge < -0.3 is 10.0 Å². The van der Waals surface area contributed by atoms with E-state index in [0.29, 0.717) is 17.9 Å². The van der Waals surface area contributed by atoms with Crippen LogP contribution < -0.4 is 10.1 Å². The number of likely N-dealkylation sites (N-methyl/N-ethyl adjacent to an activating group) is 1. The van der Waals surface area contributed by atoms with Crippen molar-refractivity contribution in [2.24, 2.45) is 11.3 Å². The number of rotatable bonds is 14. The van der Waals surface area contributed by atoms with Gasteiger partial charge in [0.2, 0.25) is 15.9 Å². The van der Waals surface area contributed by atoms with Crippen molar-refractivity contribution in [2.45, 2.75) is 77.3 Å². The number of hydrogen-bond acceptors (Lipinski definition) is 6. The highest BCUT2D eigenvalue weighted by molar-refractivity contribution is 7.89. The molecule has 0 fully saturated rings. The van der Waals surface area contributed by atoms with Gasteiger partial charge in [0.05, 0.1) is 23.6 Å². The highest BCUT2D eigenvalue weighted by Gasteiger charge is 2.34. The molecule has 3 N–H and O–H groups in total. The van der Waals surface area contributed by atoms with Crippen molar-refractivity contribution < 1.29 is 23.1 Å². The summed E-state index contributed by atoms with van der Waals surface area (Å²) in [4.78, 5) is 28.2. The van der Waals surface area contributed by atoms with Gasteiger partial charge >= 0.3 is 0 Å². The minimum absolute atomic E-state index is 0.0350. The van der Waals surface area contributed by atoms with Gasteiger partial charge in [0.25, 0.3) is 5.91 Å². The Morgan fingerprint density at radius 2 is 1.59 bits per heavy atom. The van der Waals surface area contributed by atoms with Gasteiger partial charge in [0.1, 0.15) is 0 Å². The third-order valence-corrected chi connectivity index (χ3v) is 7.98. The lowest BCUT2D eigenvalue weighted by Gasteiger charge is -2.36. The Morgan fingerprint density at radius 1 is 0.976 bits per heavy atom. The van der Waals surface area contributed by atoms with Crippen LogP contribution >= 0.6 is 0 Å². The van der Waals surface area contributed by atoms with Crippen LogP contribution in [0.15, 0.2) is 59.5 Å². The zero-order valence-corrected chi connectivity index (χ0v) is 26.4. The standard InChI is InChI=1S/C31H48N4O5S/c1-23(2)17-18-25-15-11-12-16-28(25)41(39,40)32-21-27(36)26(19-24-13-9-8-10-14-24)35(30(38)20-31(3,4)5)33-29(37)22-34(6)7/h8-16,23,26-27,32,36H,17-22H2,1-7H3,(H,33,37)/t26-,27+/m0/s1. The number of carbonyl (C=O) groups is 2. The molecule has 10 heteroatoms. The molecule has 0 aliphatic rings. The summed E-state index contributed by atoms with van der Waals surface area (Å²) in [7, 11) is -0.479. The summed E-state index contributed by atoms with van der Waals surface area (Å²) >= 11 is 0. The second-order valence-corrected chi connectivity index (χ2v) is 14.2. The molecule has 0 aliphatic carbocycles. The molecule has 0 bridgehead atoms. The molecule has 0 aliphatic heterocycles. The molecule has 0 radical (unpaired) electrons. The van der Waals surface area contributed by atoms with Gasteiger partial charge in [-0.3, -0.25) is 15.0 Å². The largest absolute Gasteiger partial charge is 0.390 e. The lowest BCUT2D eigenvalue weighted by molar-refractivity contribution is -0.149. The fraction of sp³-hybridized carbons (Fsp3) is 0.548. The summed E-state index contributed by atoms with van der Waals surface area (Å²) in [5.74, 6) is -0.368. The Labute approximate surface area is 246 Å². The molecule has 0 aromatic heterocycles. The van der Waals surface area contributed by atoms with E-state index in [9.17, 15) is 23.1 Å². The molecule has 2 aromatic rings. The van der Waals surface area contributed by atoms with Crippen LogP contribution in [0.3, 0.4) is 0 Å². The third kappa shape index (κ3) is 11.9. The zero-order valence-electron chi connectivity index (χ0n) is 25.6. The maximum absolute atomic E-state index is 13.6. The normalized spacial score (nSPS) is 13.7. The van der Waals surface area contributed by atoms with Gasteiger partial charge in [-0.15, -0.1) is 0 Å². The molecule has 0 spiro atoms. The van der Waals surface area contributed by atoms with Crippen LogP contribution in [0, 0.1) is 11.3 Å². The van der Waals surface area contributed by atoms with Gasteiger partial charge in [-0.25, -0.2) is 18.1 Å². The van der Waals surface area contributed by atoms with E-state index in [0.717, 1.165) is 12.0 Å². The van der Waals surface area contributed by atoms with Crippen LogP contribution in [-0.4, -0.2) is 74.6 Å². The van der Waals surface area contributed by atoms with Gasteiger partial charge in [-0.2, -0.15) is 0 Å². The monoisotopic (exact) mass is 588 g/mol. The van der Waals surface area contributed by atoms with E-state index in [2.05, 4.69) is 24.0 Å². The molecule has 41 heavy (non-hydrogen) atoms. The van der Waals surface area contributed by atoms with E-state index in [1.54, 1.807) is 37.2 Å². The lowest BCUT2D eigenvalue weighted by Crippen LogP contribution is -2.60. The van der Waals surface area contributed by atoms with Crippen LogP contribution in [-0.2, 0) is 32.5 Å². The number of nitrogens with zero attached hydrogens (tertiary/aromatic N) is 2. The van der Waals surface area contributed by atoms with Crippen molar-refractivity contribution >= 4 is 21.8 Å². The number of aliphatic hydroxyl groups is 1. The zero-order chi connectivity index (χ0) is 30.8. The first kappa shape index (κ1) is 34.4. The minimum atomic E-state index is -3.96. The fourth-order valence-corrected chi connectivity index (χ4v) is 5.73. The Morgan fingerprint density at radius 3 is 2.17 bits per heavy atom. The summed E-state index contributed by atoms with van der Waals surface area (Å²) in [5.41, 5.74) is 3.86. The first-order valence-corrected chi connectivity index (χ1v) is 15.6. The van der Waals surface area contributed by atoms with Crippen molar-refractivity contribution in [1.29, 1.82) is 0 Å². The molecule has 2 aromatic carbocycles. The Bertz CT molecular complexity index is 1230. The summed E-state index contributed by atoms with van der Waals surface area (Å²) in [6.07, 6.45) is 0.443. The summed E-state index contributed by atoms with van der Waals surface area (Å²) in [6.45, 7) is 9.61. The molecule has 228 valence electrons. The second-order valence-electron chi connectivity index (χ2n) is 12.5. The number of hydrogen-bond donors (Lipinski definition) is 3. The van der Waals surface area contributed by atoms with E-state index in [1.807, 2.05) is 57.2 Å². The van der Waals surface area contributed by atoms with E-state index >= 15 is 0 Å². The maximum Gasteiger partial charge on any atom is 0.252 e. The number of sulfonamides is 1. The van der Waals surface area contributed by atoms with Gasteiger partial charge in [-0.05, 0) is 61.9 Å². The van der Waals surface area contributed by atoms with Crippen LogP contribution in [0.25, 0.3) is 0 Å². The first-order valence-electron chi connectivity index (χ1n) is 14.1. The topological polar surface area (TPSA) is 119 Å². The SMILES string of the molecule is CC(C)CCc1ccccc1S(=O)(=O)NC[C@@H](O)[C@H](Cc1ccccc1)N(NC(=O)CN(C)C)C(=O)CC(C)(C)C. The Kier molecular flexibility index (Phi) is 13.0. The van der Waals surface area contributed by atoms with Gasteiger partial charge in [-0.1, -0.05) is 83.1 Å². The number of benzene rings is 2. The molecule has 9 nitrogen and oxygen atoms in total. The average molecular weight is 589 g/mol. The maximum atomic E-state index is 13.6. The second kappa shape index (κ2) is 15.4. The van der Waals surface area contributed by atoms with Crippen LogP contribution in [0.5, 0.6) is 0 Å². The van der Waals surface area contributed by atoms with Crippen molar-refractivity contribution in [3.05, 3.63) is 65.7 Å². The van der Waals surface area contributed by atoms with Crippen molar-refractivity contribution in [3.63, 3.8) is 0 Å². The van der Waals surface area contributed by atoms with Crippen molar-refractivity contribution in [1.82, 2.24) is 20.1 Å². The molecule has 0 unspecified atom stereocenters. The number of hydrazine groups is 1.